The topological polar surface area (TPSA) is 66.4 Å². The fraction of sp³-hybridized carbons (Fsp3) is 0.833. The number of amides is 1. The third kappa shape index (κ3) is 5.44. The van der Waals surface area contributed by atoms with Gasteiger partial charge >= 0.3 is 5.97 Å². The van der Waals surface area contributed by atoms with Gasteiger partial charge in [-0.05, 0) is 37.2 Å². The first-order valence-corrected chi connectivity index (χ1v) is 7.54. The second kappa shape index (κ2) is 7.58. The van der Waals surface area contributed by atoms with E-state index < -0.39 is 12.0 Å². The van der Waals surface area contributed by atoms with E-state index in [0.717, 1.165) is 18.6 Å². The molecule has 17 heavy (non-hydrogen) atoms. The standard InChI is InChI=1S/C12H21NO3S/c1-17-7-6-10(12(15)16)13-11(14)8-9-4-2-3-5-9/h9-10H,2-8H2,1H3,(H,13,14)(H,15,16)/t10-/m0/s1. The van der Waals surface area contributed by atoms with Crippen molar-refractivity contribution in [2.24, 2.45) is 5.92 Å². The lowest BCUT2D eigenvalue weighted by molar-refractivity contribution is -0.142. The molecule has 1 fully saturated rings. The summed E-state index contributed by atoms with van der Waals surface area (Å²) >= 11 is 1.59. The summed E-state index contributed by atoms with van der Waals surface area (Å²) in [6, 6.07) is -0.726. The average Bonchev–Trinajstić information content (AvgIpc) is 2.76. The molecule has 0 aliphatic heterocycles. The maximum Gasteiger partial charge on any atom is 0.326 e. The SMILES string of the molecule is CSCC[C@H](NC(=O)CC1CCCC1)C(=O)O. The zero-order valence-electron chi connectivity index (χ0n) is 10.3. The summed E-state index contributed by atoms with van der Waals surface area (Å²) in [5, 5.41) is 11.6. The maximum atomic E-state index is 11.7. The molecule has 1 aliphatic rings. The average molecular weight is 259 g/mol. The Balaban J connectivity index is 2.32. The minimum Gasteiger partial charge on any atom is -0.480 e. The second-order valence-corrected chi connectivity index (χ2v) is 5.58. The van der Waals surface area contributed by atoms with Crippen molar-refractivity contribution >= 4 is 23.6 Å². The van der Waals surface area contributed by atoms with Crippen LogP contribution in [0.2, 0.25) is 0 Å². The van der Waals surface area contributed by atoms with Crippen LogP contribution in [0.3, 0.4) is 0 Å². The number of carbonyl (C=O) groups is 2. The normalized spacial score (nSPS) is 17.9. The van der Waals surface area contributed by atoms with E-state index in [0.29, 0.717) is 18.8 Å². The van der Waals surface area contributed by atoms with Gasteiger partial charge in [0.25, 0.3) is 0 Å². The predicted octanol–water partition coefficient (Wildman–Crippen LogP) is 1.89. The Kier molecular flexibility index (Phi) is 6.40. The molecule has 4 nitrogen and oxygen atoms in total. The summed E-state index contributed by atoms with van der Waals surface area (Å²) in [7, 11) is 0. The van der Waals surface area contributed by atoms with Gasteiger partial charge in [0, 0.05) is 6.42 Å². The number of nitrogens with one attached hydrogen (secondary N) is 1. The minimum atomic E-state index is -0.932. The highest BCUT2D eigenvalue weighted by molar-refractivity contribution is 7.98. The Morgan fingerprint density at radius 2 is 2.06 bits per heavy atom. The van der Waals surface area contributed by atoms with Gasteiger partial charge in [0.2, 0.25) is 5.91 Å². The molecule has 0 radical (unpaired) electrons. The first-order valence-electron chi connectivity index (χ1n) is 6.14. The van der Waals surface area contributed by atoms with Crippen molar-refractivity contribution in [2.75, 3.05) is 12.0 Å². The number of carboxylic acid groups (broad SMARTS) is 1. The Morgan fingerprint density at radius 3 is 2.59 bits per heavy atom. The van der Waals surface area contributed by atoms with Gasteiger partial charge < -0.3 is 10.4 Å². The van der Waals surface area contributed by atoms with Crippen LogP contribution in [0.15, 0.2) is 0 Å². The molecule has 0 aromatic carbocycles. The highest BCUT2D eigenvalue weighted by Crippen LogP contribution is 2.27. The second-order valence-electron chi connectivity index (χ2n) is 4.59. The predicted molar refractivity (Wildman–Crippen MR) is 69.1 cm³/mol. The monoisotopic (exact) mass is 259 g/mol. The summed E-state index contributed by atoms with van der Waals surface area (Å²) < 4.78 is 0. The van der Waals surface area contributed by atoms with Crippen LogP contribution in [0.5, 0.6) is 0 Å². The van der Waals surface area contributed by atoms with Crippen molar-refractivity contribution in [3.05, 3.63) is 0 Å². The molecule has 0 unspecified atom stereocenters. The number of rotatable bonds is 7. The molecule has 1 saturated carbocycles. The fourth-order valence-corrected chi connectivity index (χ4v) is 2.69. The molecule has 5 heteroatoms. The molecule has 1 amide bonds. The van der Waals surface area contributed by atoms with Crippen LogP contribution < -0.4 is 5.32 Å². The van der Waals surface area contributed by atoms with Crippen molar-refractivity contribution in [1.29, 1.82) is 0 Å². The molecular formula is C12H21NO3S. The van der Waals surface area contributed by atoms with Crippen LogP contribution in [0.25, 0.3) is 0 Å². The molecule has 1 aliphatic carbocycles. The molecule has 0 heterocycles. The molecule has 0 aromatic rings. The summed E-state index contributed by atoms with van der Waals surface area (Å²) in [4.78, 5) is 22.6. The highest BCUT2D eigenvalue weighted by Gasteiger charge is 2.23. The maximum absolute atomic E-state index is 11.7. The molecule has 0 spiro atoms. The Hall–Kier alpha value is -0.710. The Bertz CT molecular complexity index is 264. The number of aliphatic carboxylic acids is 1. The van der Waals surface area contributed by atoms with E-state index in [4.69, 9.17) is 5.11 Å². The van der Waals surface area contributed by atoms with Gasteiger partial charge in [0.15, 0.2) is 0 Å². The number of hydrogen-bond acceptors (Lipinski definition) is 3. The van der Waals surface area contributed by atoms with E-state index in [9.17, 15) is 9.59 Å². The summed E-state index contributed by atoms with van der Waals surface area (Å²) in [6.07, 6.45) is 7.53. The van der Waals surface area contributed by atoms with Crippen LogP contribution in [0.4, 0.5) is 0 Å². The lowest BCUT2D eigenvalue weighted by atomic mass is 10.0. The largest absolute Gasteiger partial charge is 0.480 e. The van der Waals surface area contributed by atoms with Crippen LogP contribution in [-0.2, 0) is 9.59 Å². The summed E-state index contributed by atoms with van der Waals surface area (Å²) in [5.41, 5.74) is 0. The van der Waals surface area contributed by atoms with Crippen molar-refractivity contribution in [3.63, 3.8) is 0 Å². The lowest BCUT2D eigenvalue weighted by Gasteiger charge is -2.15. The van der Waals surface area contributed by atoms with Crippen LogP contribution in [0, 0.1) is 5.92 Å². The van der Waals surface area contributed by atoms with Crippen LogP contribution in [-0.4, -0.2) is 35.0 Å². The summed E-state index contributed by atoms with van der Waals surface area (Å²) in [6.45, 7) is 0. The number of carbonyl (C=O) groups excluding carboxylic acids is 1. The molecule has 0 bridgehead atoms. The van der Waals surface area contributed by atoms with E-state index in [2.05, 4.69) is 5.32 Å². The molecule has 0 saturated heterocycles. The number of hydrogen-bond donors (Lipinski definition) is 2. The van der Waals surface area contributed by atoms with Crippen molar-refractivity contribution in [3.8, 4) is 0 Å². The van der Waals surface area contributed by atoms with Gasteiger partial charge in [0.1, 0.15) is 6.04 Å². The van der Waals surface area contributed by atoms with E-state index in [1.165, 1.54) is 12.8 Å². The first kappa shape index (κ1) is 14.4. The molecular weight excluding hydrogens is 238 g/mol. The molecule has 1 rings (SSSR count). The van der Waals surface area contributed by atoms with E-state index in [-0.39, 0.29) is 5.91 Å². The van der Waals surface area contributed by atoms with Crippen molar-refractivity contribution in [1.82, 2.24) is 5.32 Å². The lowest BCUT2D eigenvalue weighted by Crippen LogP contribution is -2.41. The molecule has 2 N–H and O–H groups in total. The van der Waals surface area contributed by atoms with Gasteiger partial charge in [-0.3, -0.25) is 4.79 Å². The van der Waals surface area contributed by atoms with Crippen molar-refractivity contribution in [2.45, 2.75) is 44.6 Å². The smallest absolute Gasteiger partial charge is 0.326 e. The Morgan fingerprint density at radius 1 is 1.41 bits per heavy atom. The van der Waals surface area contributed by atoms with Crippen LogP contribution in [0.1, 0.15) is 38.5 Å². The van der Waals surface area contributed by atoms with Gasteiger partial charge in [-0.2, -0.15) is 11.8 Å². The quantitative estimate of drug-likeness (QED) is 0.732. The van der Waals surface area contributed by atoms with Crippen LogP contribution >= 0.6 is 11.8 Å². The Labute approximate surface area is 107 Å². The van der Waals surface area contributed by atoms with Gasteiger partial charge in [0.05, 0.1) is 0 Å². The zero-order chi connectivity index (χ0) is 12.7. The number of carboxylic acids is 1. The van der Waals surface area contributed by atoms with E-state index in [1.54, 1.807) is 11.8 Å². The first-order chi connectivity index (χ1) is 8.13. The van der Waals surface area contributed by atoms with Crippen molar-refractivity contribution < 1.29 is 14.7 Å². The molecule has 0 aromatic heterocycles. The van der Waals surface area contributed by atoms with Gasteiger partial charge in [-0.1, -0.05) is 12.8 Å². The molecule has 1 atom stereocenters. The van der Waals surface area contributed by atoms with E-state index in [1.807, 2.05) is 6.26 Å². The third-order valence-electron chi connectivity index (χ3n) is 3.19. The van der Waals surface area contributed by atoms with Gasteiger partial charge in [-0.15, -0.1) is 0 Å². The third-order valence-corrected chi connectivity index (χ3v) is 3.84. The number of thioether (sulfide) groups is 1. The highest BCUT2D eigenvalue weighted by atomic mass is 32.2. The minimum absolute atomic E-state index is 0.106. The van der Waals surface area contributed by atoms with E-state index >= 15 is 0 Å². The zero-order valence-corrected chi connectivity index (χ0v) is 11.1. The molecule has 98 valence electrons. The fourth-order valence-electron chi connectivity index (χ4n) is 2.22. The summed E-state index contributed by atoms with van der Waals surface area (Å²) in [5.74, 6) is 0.176. The van der Waals surface area contributed by atoms with Gasteiger partial charge in [-0.25, -0.2) is 4.79 Å².